The van der Waals surface area contributed by atoms with Crippen LogP contribution in [0, 0.1) is 22.7 Å². The van der Waals surface area contributed by atoms with Crippen LogP contribution in [0.2, 0.25) is 0 Å². The summed E-state index contributed by atoms with van der Waals surface area (Å²) in [4.78, 5) is 4.65. The normalized spacial score (nSPS) is 12.0. The molecule has 0 aliphatic carbocycles. The summed E-state index contributed by atoms with van der Waals surface area (Å²) in [6.45, 7) is 4.58. The molecule has 0 bridgehead atoms. The summed E-state index contributed by atoms with van der Waals surface area (Å²) in [7, 11) is 0. The summed E-state index contributed by atoms with van der Waals surface area (Å²) in [5.74, 6) is 0. The molecule has 0 atom stereocenters. The molecule has 1 aliphatic heterocycles. The number of rotatable bonds is 34. The van der Waals surface area contributed by atoms with Gasteiger partial charge in [-0.25, -0.2) is 0 Å². The van der Waals surface area contributed by atoms with E-state index in [9.17, 15) is 10.5 Å². The number of aromatic nitrogens is 2. The number of anilines is 2. The highest BCUT2D eigenvalue weighted by molar-refractivity contribution is 8.02. The van der Waals surface area contributed by atoms with Crippen molar-refractivity contribution in [2.24, 2.45) is 0 Å². The van der Waals surface area contributed by atoms with E-state index in [1.54, 1.807) is 22.7 Å². The summed E-state index contributed by atoms with van der Waals surface area (Å²) in [5, 5.41) is 20.0. The average Bonchev–Trinajstić information content (AvgIpc) is 4.25. The molecule has 0 radical (unpaired) electrons. The van der Waals surface area contributed by atoms with Gasteiger partial charge in [0, 0.05) is 30.6 Å². The Hall–Kier alpha value is -4.19. The van der Waals surface area contributed by atoms with Gasteiger partial charge >= 0.3 is 0 Å². The molecular formula is C60H78N6S4. The van der Waals surface area contributed by atoms with E-state index in [0.29, 0.717) is 0 Å². The van der Waals surface area contributed by atoms with E-state index in [1.807, 2.05) is 12.1 Å². The second kappa shape index (κ2) is 30.0. The number of nitriles is 2. The molecule has 0 unspecified atom stereocenters. The first-order valence-electron chi connectivity index (χ1n) is 27.4. The van der Waals surface area contributed by atoms with Gasteiger partial charge < -0.3 is 9.44 Å². The van der Waals surface area contributed by atoms with Gasteiger partial charge in [-0.2, -0.15) is 19.3 Å². The fourth-order valence-electron chi connectivity index (χ4n) is 10.2. The Bertz CT molecular complexity index is 2420. The SMILES string of the molecule is CCCCCCCCCCCCCCCCc1cc(-c2ccc(-c3c4c(c(-c5ccc(-c6ccc(C#N)c(CCCCCCCCCCCCCCCC)c6)s5)c5nsnc35)NSN4)s2)ccc1C#N. The number of aryl methyl sites for hydroxylation is 2. The maximum atomic E-state index is 10.0. The van der Waals surface area contributed by atoms with Gasteiger partial charge in [-0.15, -0.1) is 22.7 Å². The highest BCUT2D eigenvalue weighted by Gasteiger charge is 2.29. The molecule has 2 N–H and O–H groups in total. The molecule has 0 fully saturated rings. The number of unbranched alkanes of at least 4 members (excludes halogenated alkanes) is 26. The molecule has 372 valence electrons. The third kappa shape index (κ3) is 15.4. The van der Waals surface area contributed by atoms with Crippen molar-refractivity contribution >= 4 is 68.9 Å². The topological polar surface area (TPSA) is 97.4 Å². The number of benzene rings is 3. The summed E-state index contributed by atoms with van der Waals surface area (Å²) in [6, 6.07) is 26.6. The summed E-state index contributed by atoms with van der Waals surface area (Å²) in [5.41, 5.74) is 12.3. The zero-order valence-electron chi connectivity index (χ0n) is 42.4. The first-order chi connectivity index (χ1) is 34.6. The molecule has 70 heavy (non-hydrogen) atoms. The minimum absolute atomic E-state index is 0.794. The molecule has 0 saturated carbocycles. The third-order valence-corrected chi connectivity index (χ3v) is 17.8. The molecule has 3 aromatic carbocycles. The lowest BCUT2D eigenvalue weighted by Crippen LogP contribution is -1.92. The molecule has 10 heteroatoms. The maximum Gasteiger partial charge on any atom is 0.116 e. The van der Waals surface area contributed by atoms with Crippen molar-refractivity contribution in [2.75, 3.05) is 9.44 Å². The third-order valence-electron chi connectivity index (χ3n) is 14.3. The second-order valence-corrected chi connectivity index (χ2v) is 23.1. The lowest BCUT2D eigenvalue weighted by Gasteiger charge is -2.11. The molecule has 7 rings (SSSR count). The fraction of sp³-hybridized carbons (Fsp3) is 0.533. The van der Waals surface area contributed by atoms with Crippen LogP contribution in [0.1, 0.15) is 216 Å². The molecule has 3 aromatic heterocycles. The Labute approximate surface area is 438 Å². The molecule has 6 nitrogen and oxygen atoms in total. The molecule has 1 aliphatic rings. The van der Waals surface area contributed by atoms with Crippen LogP contribution >= 0.6 is 46.5 Å². The number of hydrogen-bond donors (Lipinski definition) is 2. The van der Waals surface area contributed by atoms with Crippen molar-refractivity contribution in [3.8, 4) is 53.9 Å². The van der Waals surface area contributed by atoms with E-state index in [-0.39, 0.29) is 0 Å². The van der Waals surface area contributed by atoms with Crippen molar-refractivity contribution in [3.05, 3.63) is 82.9 Å². The standard InChI is InChI=1S/C60H78N6S4/c1-3-5-7-9-11-13-15-17-19-21-23-25-27-29-31-45-41-47(33-35-49(45)43-61)51-37-39-53(67-51)55-57-59(65-69-63-57)56(60-58(55)64-70-66-60)54-40-38-52(68-54)48-34-36-50(44-62)46(42-48)32-30-28-26-24-22-20-18-16-14-12-10-8-6-4-2/h33-42,63,65H,3-32H2,1-2H3. The second-order valence-electron chi connectivity index (χ2n) is 19.8. The van der Waals surface area contributed by atoms with Gasteiger partial charge in [0.2, 0.25) is 0 Å². The smallest absolute Gasteiger partial charge is 0.116 e. The van der Waals surface area contributed by atoms with E-state index < -0.39 is 0 Å². The van der Waals surface area contributed by atoms with Gasteiger partial charge in [-0.3, -0.25) is 0 Å². The predicted octanol–water partition coefficient (Wildman–Crippen LogP) is 20.7. The fourth-order valence-corrected chi connectivity index (χ4v) is 13.5. The van der Waals surface area contributed by atoms with Gasteiger partial charge in [0.05, 0.1) is 58.5 Å². The number of hydrogen-bond acceptors (Lipinski definition) is 10. The summed E-state index contributed by atoms with van der Waals surface area (Å²) in [6.07, 6.45) is 39.5. The van der Waals surface area contributed by atoms with Crippen molar-refractivity contribution in [2.45, 2.75) is 206 Å². The van der Waals surface area contributed by atoms with Crippen LogP contribution in [0.3, 0.4) is 0 Å². The van der Waals surface area contributed by atoms with E-state index in [1.165, 1.54) is 201 Å². The quantitative estimate of drug-likeness (QED) is 0.0307. The molecule has 0 amide bonds. The van der Waals surface area contributed by atoms with Crippen molar-refractivity contribution in [3.63, 3.8) is 0 Å². The molecule has 6 aromatic rings. The molecule has 4 heterocycles. The van der Waals surface area contributed by atoms with Gasteiger partial charge in [0.1, 0.15) is 11.0 Å². The minimum atomic E-state index is 0.794. The number of nitrogens with one attached hydrogen (secondary N) is 2. The van der Waals surface area contributed by atoms with Crippen LogP contribution in [0.5, 0.6) is 0 Å². The number of fused-ring (bicyclic) bond motifs is 2. The van der Waals surface area contributed by atoms with Gasteiger partial charge in [-0.05, 0) is 96.5 Å². The largest absolute Gasteiger partial charge is 0.309 e. The van der Waals surface area contributed by atoms with Crippen LogP contribution in [0.25, 0.3) is 52.8 Å². The molecular weight excluding hydrogens is 933 g/mol. The zero-order valence-corrected chi connectivity index (χ0v) is 45.7. The monoisotopic (exact) mass is 1010 g/mol. The van der Waals surface area contributed by atoms with Crippen LogP contribution < -0.4 is 9.44 Å². The van der Waals surface area contributed by atoms with Crippen molar-refractivity contribution < 1.29 is 0 Å². The van der Waals surface area contributed by atoms with Gasteiger partial charge in [-0.1, -0.05) is 193 Å². The highest BCUT2D eigenvalue weighted by atomic mass is 32.2. The van der Waals surface area contributed by atoms with Crippen LogP contribution in [-0.4, -0.2) is 8.75 Å². The highest BCUT2D eigenvalue weighted by Crippen LogP contribution is 2.54. The molecule has 0 saturated heterocycles. The Kier molecular flexibility index (Phi) is 23.0. The predicted molar refractivity (Wildman–Crippen MR) is 307 cm³/mol. The molecule has 0 spiro atoms. The lowest BCUT2D eigenvalue weighted by molar-refractivity contribution is 0.535. The van der Waals surface area contributed by atoms with Crippen molar-refractivity contribution in [1.29, 1.82) is 10.5 Å². The minimum Gasteiger partial charge on any atom is -0.309 e. The first-order valence-corrected chi connectivity index (χ1v) is 30.6. The van der Waals surface area contributed by atoms with Gasteiger partial charge in [0.25, 0.3) is 0 Å². The van der Waals surface area contributed by atoms with E-state index >= 15 is 0 Å². The van der Waals surface area contributed by atoms with E-state index in [2.05, 4.69) is 84.0 Å². The Morgan fingerprint density at radius 2 is 0.743 bits per heavy atom. The number of thiophene rings is 2. The van der Waals surface area contributed by atoms with Gasteiger partial charge in [0.15, 0.2) is 0 Å². The Morgan fingerprint density at radius 1 is 0.414 bits per heavy atom. The van der Waals surface area contributed by atoms with Crippen LogP contribution in [0.4, 0.5) is 11.4 Å². The summed E-state index contributed by atoms with van der Waals surface area (Å²) < 4.78 is 17.1. The maximum absolute atomic E-state index is 10.0. The average molecular weight is 1010 g/mol. The van der Waals surface area contributed by atoms with Crippen LogP contribution in [-0.2, 0) is 12.8 Å². The lowest BCUT2D eigenvalue weighted by atomic mass is 9.98. The first kappa shape index (κ1) is 53.6. The Morgan fingerprint density at radius 3 is 1.09 bits per heavy atom. The number of nitrogens with zero attached hydrogens (tertiary/aromatic N) is 4. The zero-order chi connectivity index (χ0) is 48.6. The summed E-state index contributed by atoms with van der Waals surface area (Å²) >= 11 is 6.30. The van der Waals surface area contributed by atoms with Crippen LogP contribution in [0.15, 0.2) is 60.7 Å². The van der Waals surface area contributed by atoms with Crippen molar-refractivity contribution in [1.82, 2.24) is 8.75 Å². The van der Waals surface area contributed by atoms with E-state index in [0.717, 1.165) is 102 Å². The van der Waals surface area contributed by atoms with E-state index in [4.69, 9.17) is 8.75 Å². The Balaban J connectivity index is 0.943.